The van der Waals surface area contributed by atoms with Gasteiger partial charge in [0.2, 0.25) is 11.8 Å². The van der Waals surface area contributed by atoms with Crippen molar-refractivity contribution < 1.29 is 19.1 Å². The number of likely N-dealkylation sites (tertiary alicyclic amines) is 2. The minimum atomic E-state index is -0.498. The van der Waals surface area contributed by atoms with E-state index in [1.807, 2.05) is 0 Å². The zero-order valence-corrected chi connectivity index (χ0v) is 19.3. The zero-order chi connectivity index (χ0) is 22.4. The van der Waals surface area contributed by atoms with E-state index in [1.54, 1.807) is 35.1 Å². The molecule has 0 aliphatic carbocycles. The standard InChI is InChI=1S/C22H29Cl2N3O4/c1-31-13-3-9-25-20(28)15-7-11-26(12-8-15)22(30)19-4-2-10-27(19)21(29)17-14-16(23)5-6-18(17)24/h5-6,14-15,19H,2-4,7-13H2,1H3,(H,25,28). The van der Waals surface area contributed by atoms with E-state index in [0.29, 0.717) is 67.7 Å². The summed E-state index contributed by atoms with van der Waals surface area (Å²) in [5.41, 5.74) is 0.317. The molecule has 31 heavy (non-hydrogen) atoms. The Balaban J connectivity index is 1.56. The van der Waals surface area contributed by atoms with Crippen LogP contribution in [-0.2, 0) is 14.3 Å². The molecule has 2 heterocycles. The number of carbonyl (C=O) groups is 3. The highest BCUT2D eigenvalue weighted by molar-refractivity contribution is 6.35. The highest BCUT2D eigenvalue weighted by Gasteiger charge is 2.39. The Morgan fingerprint density at radius 1 is 1.13 bits per heavy atom. The second-order valence-corrected chi connectivity index (χ2v) is 8.86. The number of ether oxygens (including phenoxy) is 1. The SMILES string of the molecule is COCCCNC(=O)C1CCN(C(=O)C2CCCN2C(=O)c2cc(Cl)ccc2Cl)CC1. The first-order valence-electron chi connectivity index (χ1n) is 10.7. The van der Waals surface area contributed by atoms with Gasteiger partial charge in [0.15, 0.2) is 0 Å². The molecule has 1 unspecified atom stereocenters. The summed E-state index contributed by atoms with van der Waals surface area (Å²) in [6.45, 7) is 2.76. The van der Waals surface area contributed by atoms with Gasteiger partial charge in [-0.15, -0.1) is 0 Å². The van der Waals surface area contributed by atoms with Crippen molar-refractivity contribution >= 4 is 40.9 Å². The van der Waals surface area contributed by atoms with Gasteiger partial charge in [0.25, 0.3) is 5.91 Å². The van der Waals surface area contributed by atoms with Crippen LogP contribution in [0.1, 0.15) is 42.5 Å². The van der Waals surface area contributed by atoms with Gasteiger partial charge in [-0.3, -0.25) is 14.4 Å². The average molecular weight is 470 g/mol. The van der Waals surface area contributed by atoms with Gasteiger partial charge in [-0.25, -0.2) is 0 Å². The van der Waals surface area contributed by atoms with Crippen LogP contribution < -0.4 is 5.32 Å². The lowest BCUT2D eigenvalue weighted by Crippen LogP contribution is -2.51. The molecule has 1 aromatic rings. The Hall–Kier alpha value is -1.83. The molecule has 9 heteroatoms. The summed E-state index contributed by atoms with van der Waals surface area (Å²) in [6.07, 6.45) is 3.43. The lowest BCUT2D eigenvalue weighted by Gasteiger charge is -2.35. The molecule has 0 radical (unpaired) electrons. The van der Waals surface area contributed by atoms with E-state index in [0.717, 1.165) is 12.8 Å². The first kappa shape index (κ1) is 23.8. The van der Waals surface area contributed by atoms with Gasteiger partial charge in [-0.05, 0) is 50.3 Å². The van der Waals surface area contributed by atoms with Crippen molar-refractivity contribution in [2.45, 2.75) is 38.1 Å². The number of carbonyl (C=O) groups excluding carboxylic acids is 3. The molecule has 1 N–H and O–H groups in total. The molecule has 0 spiro atoms. The number of benzene rings is 1. The first-order valence-corrected chi connectivity index (χ1v) is 11.5. The molecule has 2 aliphatic rings. The third-order valence-corrected chi connectivity index (χ3v) is 6.52. The largest absolute Gasteiger partial charge is 0.385 e. The number of hydrogen-bond acceptors (Lipinski definition) is 4. The molecule has 2 aliphatic heterocycles. The van der Waals surface area contributed by atoms with Gasteiger partial charge in [0.05, 0.1) is 10.6 Å². The van der Waals surface area contributed by atoms with E-state index >= 15 is 0 Å². The quantitative estimate of drug-likeness (QED) is 0.622. The minimum Gasteiger partial charge on any atom is -0.385 e. The smallest absolute Gasteiger partial charge is 0.256 e. The van der Waals surface area contributed by atoms with Crippen LogP contribution >= 0.6 is 23.2 Å². The van der Waals surface area contributed by atoms with Crippen LogP contribution in [0.15, 0.2) is 18.2 Å². The monoisotopic (exact) mass is 469 g/mol. The number of hydrogen-bond donors (Lipinski definition) is 1. The molecule has 3 amide bonds. The molecule has 2 fully saturated rings. The first-order chi connectivity index (χ1) is 14.9. The predicted octanol–water partition coefficient (Wildman–Crippen LogP) is 2.99. The number of piperidine rings is 1. The van der Waals surface area contributed by atoms with Gasteiger partial charge in [0, 0.05) is 50.8 Å². The number of halogens is 2. The maximum atomic E-state index is 13.2. The van der Waals surface area contributed by atoms with Gasteiger partial charge >= 0.3 is 0 Å². The van der Waals surface area contributed by atoms with E-state index in [9.17, 15) is 14.4 Å². The van der Waals surface area contributed by atoms with E-state index in [-0.39, 0.29) is 23.6 Å². The van der Waals surface area contributed by atoms with E-state index in [2.05, 4.69) is 5.32 Å². The Morgan fingerprint density at radius 2 is 1.87 bits per heavy atom. The summed E-state index contributed by atoms with van der Waals surface area (Å²) in [4.78, 5) is 41.9. The van der Waals surface area contributed by atoms with Gasteiger partial charge in [0.1, 0.15) is 6.04 Å². The van der Waals surface area contributed by atoms with Crippen molar-refractivity contribution in [2.24, 2.45) is 5.92 Å². The molecule has 3 rings (SSSR count). The highest BCUT2D eigenvalue weighted by atomic mass is 35.5. The highest BCUT2D eigenvalue weighted by Crippen LogP contribution is 2.28. The van der Waals surface area contributed by atoms with Gasteiger partial charge < -0.3 is 19.9 Å². The van der Waals surface area contributed by atoms with Crippen LogP contribution in [0.2, 0.25) is 10.0 Å². The van der Waals surface area contributed by atoms with Crippen molar-refractivity contribution in [3.05, 3.63) is 33.8 Å². The van der Waals surface area contributed by atoms with Crippen LogP contribution in [0, 0.1) is 5.92 Å². The lowest BCUT2D eigenvalue weighted by atomic mass is 9.95. The minimum absolute atomic E-state index is 0.0384. The van der Waals surface area contributed by atoms with Crippen molar-refractivity contribution in [3.8, 4) is 0 Å². The van der Waals surface area contributed by atoms with Gasteiger partial charge in [-0.2, -0.15) is 0 Å². The molecular weight excluding hydrogens is 441 g/mol. The summed E-state index contributed by atoms with van der Waals surface area (Å²) in [7, 11) is 1.64. The van der Waals surface area contributed by atoms with Crippen molar-refractivity contribution in [2.75, 3.05) is 39.9 Å². The average Bonchev–Trinajstić information content (AvgIpc) is 3.27. The fourth-order valence-corrected chi connectivity index (χ4v) is 4.60. The van der Waals surface area contributed by atoms with Crippen molar-refractivity contribution in [1.82, 2.24) is 15.1 Å². The summed E-state index contributed by atoms with van der Waals surface area (Å²) in [5, 5.41) is 3.69. The molecule has 170 valence electrons. The van der Waals surface area contributed by atoms with Crippen molar-refractivity contribution in [3.63, 3.8) is 0 Å². The molecule has 0 aromatic heterocycles. The summed E-state index contributed by atoms with van der Waals surface area (Å²) in [6, 6.07) is 4.27. The maximum Gasteiger partial charge on any atom is 0.256 e. The van der Waals surface area contributed by atoms with Crippen LogP contribution in [-0.4, -0.2) is 73.5 Å². The molecule has 0 bridgehead atoms. The van der Waals surface area contributed by atoms with Crippen LogP contribution in [0.25, 0.3) is 0 Å². The van der Waals surface area contributed by atoms with E-state index < -0.39 is 6.04 Å². The number of amides is 3. The number of methoxy groups -OCH3 is 1. The summed E-state index contributed by atoms with van der Waals surface area (Å²) >= 11 is 12.2. The fourth-order valence-electron chi connectivity index (χ4n) is 4.23. The molecule has 0 saturated carbocycles. The third kappa shape index (κ3) is 5.90. The number of nitrogens with zero attached hydrogens (tertiary/aromatic N) is 2. The lowest BCUT2D eigenvalue weighted by molar-refractivity contribution is -0.138. The number of rotatable bonds is 7. The van der Waals surface area contributed by atoms with Crippen LogP contribution in [0.3, 0.4) is 0 Å². The predicted molar refractivity (Wildman–Crippen MR) is 119 cm³/mol. The fraction of sp³-hybridized carbons (Fsp3) is 0.591. The third-order valence-electron chi connectivity index (χ3n) is 5.96. The van der Waals surface area contributed by atoms with Crippen molar-refractivity contribution in [1.29, 1.82) is 0 Å². The van der Waals surface area contributed by atoms with E-state index in [1.165, 1.54) is 0 Å². The Labute approximate surface area is 193 Å². The molecule has 2 saturated heterocycles. The number of nitrogens with one attached hydrogen (secondary N) is 1. The Bertz CT molecular complexity index is 812. The Morgan fingerprint density at radius 3 is 2.58 bits per heavy atom. The zero-order valence-electron chi connectivity index (χ0n) is 17.7. The summed E-state index contributed by atoms with van der Waals surface area (Å²) in [5.74, 6) is -0.369. The second kappa shape index (κ2) is 11.2. The second-order valence-electron chi connectivity index (χ2n) is 8.02. The normalized spacial score (nSPS) is 19.5. The Kier molecular flexibility index (Phi) is 8.58. The van der Waals surface area contributed by atoms with Crippen LogP contribution in [0.5, 0.6) is 0 Å². The van der Waals surface area contributed by atoms with Crippen LogP contribution in [0.4, 0.5) is 0 Å². The molecular formula is C22H29Cl2N3O4. The van der Waals surface area contributed by atoms with Gasteiger partial charge in [-0.1, -0.05) is 23.2 Å². The summed E-state index contributed by atoms with van der Waals surface area (Å²) < 4.78 is 4.99. The van der Waals surface area contributed by atoms with E-state index in [4.69, 9.17) is 27.9 Å². The molecule has 7 nitrogen and oxygen atoms in total. The molecule has 1 atom stereocenters. The maximum absolute atomic E-state index is 13.2. The molecule has 1 aromatic carbocycles. The topological polar surface area (TPSA) is 79.0 Å².